The van der Waals surface area contributed by atoms with Crippen molar-refractivity contribution in [3.8, 4) is 0 Å². The van der Waals surface area contributed by atoms with Gasteiger partial charge in [-0.1, -0.05) is 24.3 Å². The molecule has 0 bridgehead atoms. The van der Waals surface area contributed by atoms with Gasteiger partial charge in [-0.3, -0.25) is 0 Å². The zero-order chi connectivity index (χ0) is 17.7. The molecule has 1 atom stereocenters. The summed E-state index contributed by atoms with van der Waals surface area (Å²) in [5, 5.41) is 15.2. The molecule has 0 fully saturated rings. The van der Waals surface area contributed by atoms with Crippen molar-refractivity contribution in [1.29, 1.82) is 0 Å². The van der Waals surface area contributed by atoms with E-state index < -0.39 is 11.7 Å². The van der Waals surface area contributed by atoms with Crippen LogP contribution < -0.4 is 10.9 Å². The molecule has 1 aliphatic rings. The van der Waals surface area contributed by atoms with Crippen molar-refractivity contribution in [3.05, 3.63) is 52.1 Å². The van der Waals surface area contributed by atoms with E-state index in [1.54, 1.807) is 13.0 Å². The molecule has 5 heteroatoms. The van der Waals surface area contributed by atoms with Crippen LogP contribution in [0.15, 0.2) is 39.6 Å². The van der Waals surface area contributed by atoms with Gasteiger partial charge in [-0.15, -0.1) is 12.4 Å². The standard InChI is InChI=1S/C20H25NO3.ClH/c1-12(22)17-16(13-10-19(2,3)21-20(4,5)11-13)14-8-6-7-9-15(14)18(23)24-17;/h6-10,12,21-22H,11H2,1-5H3;1H. The largest absolute Gasteiger partial charge is 0.424 e. The highest BCUT2D eigenvalue weighted by molar-refractivity contribution is 5.94. The maximum atomic E-state index is 12.3. The monoisotopic (exact) mass is 363 g/mol. The lowest BCUT2D eigenvalue weighted by atomic mass is 9.79. The molecule has 2 N–H and O–H groups in total. The van der Waals surface area contributed by atoms with E-state index in [9.17, 15) is 9.90 Å². The van der Waals surface area contributed by atoms with Crippen molar-refractivity contribution >= 4 is 28.8 Å². The molecule has 0 amide bonds. The number of hydrogen-bond donors (Lipinski definition) is 2. The second-order valence-electron chi connectivity index (χ2n) is 7.93. The van der Waals surface area contributed by atoms with Crippen LogP contribution in [0.4, 0.5) is 0 Å². The number of aliphatic hydroxyl groups is 1. The van der Waals surface area contributed by atoms with Gasteiger partial charge in [0.2, 0.25) is 0 Å². The molecule has 0 spiro atoms. The Hall–Kier alpha value is -1.62. The highest BCUT2D eigenvalue weighted by atomic mass is 35.5. The first-order valence-electron chi connectivity index (χ1n) is 8.35. The Balaban J connectivity index is 0.00000225. The molecule has 2 heterocycles. The first-order valence-corrected chi connectivity index (χ1v) is 8.35. The Labute approximate surface area is 154 Å². The fourth-order valence-corrected chi connectivity index (χ4v) is 3.92. The van der Waals surface area contributed by atoms with Gasteiger partial charge in [0.15, 0.2) is 0 Å². The Bertz CT molecular complexity index is 878. The second kappa shape index (κ2) is 6.60. The maximum absolute atomic E-state index is 12.3. The van der Waals surface area contributed by atoms with Gasteiger partial charge in [0, 0.05) is 16.6 Å². The van der Waals surface area contributed by atoms with Gasteiger partial charge < -0.3 is 14.8 Å². The molecule has 1 aliphatic heterocycles. The third-order valence-corrected chi connectivity index (χ3v) is 4.39. The van der Waals surface area contributed by atoms with Crippen molar-refractivity contribution in [2.45, 2.75) is 58.2 Å². The lowest BCUT2D eigenvalue weighted by molar-refractivity contribution is 0.164. The molecule has 136 valence electrons. The number of aliphatic hydroxyl groups excluding tert-OH is 1. The van der Waals surface area contributed by atoms with E-state index in [-0.39, 0.29) is 23.5 Å². The molecule has 0 aliphatic carbocycles. The van der Waals surface area contributed by atoms with Crippen LogP contribution >= 0.6 is 12.4 Å². The van der Waals surface area contributed by atoms with E-state index in [0.29, 0.717) is 11.1 Å². The zero-order valence-corrected chi connectivity index (χ0v) is 16.2. The van der Waals surface area contributed by atoms with Crippen molar-refractivity contribution < 1.29 is 9.52 Å². The first-order chi connectivity index (χ1) is 11.1. The van der Waals surface area contributed by atoms with Crippen LogP contribution in [0.2, 0.25) is 0 Å². The third-order valence-electron chi connectivity index (χ3n) is 4.39. The van der Waals surface area contributed by atoms with Crippen molar-refractivity contribution in [3.63, 3.8) is 0 Å². The van der Waals surface area contributed by atoms with Crippen LogP contribution in [0, 0.1) is 0 Å². The normalized spacial score (nSPS) is 19.8. The quantitative estimate of drug-likeness (QED) is 0.839. The second-order valence-corrected chi connectivity index (χ2v) is 7.93. The maximum Gasteiger partial charge on any atom is 0.343 e. The van der Waals surface area contributed by atoms with Gasteiger partial charge in [-0.25, -0.2) is 4.79 Å². The van der Waals surface area contributed by atoms with E-state index in [1.807, 2.05) is 18.2 Å². The number of rotatable bonds is 2. The minimum Gasteiger partial charge on any atom is -0.424 e. The van der Waals surface area contributed by atoms with Crippen molar-refractivity contribution in [2.24, 2.45) is 0 Å². The molecule has 3 rings (SSSR count). The van der Waals surface area contributed by atoms with Crippen LogP contribution in [-0.4, -0.2) is 16.2 Å². The lowest BCUT2D eigenvalue weighted by Gasteiger charge is -2.41. The third kappa shape index (κ3) is 3.81. The first kappa shape index (κ1) is 19.7. The molecule has 0 saturated heterocycles. The number of fused-ring (bicyclic) bond motifs is 1. The van der Waals surface area contributed by atoms with Crippen LogP contribution in [-0.2, 0) is 0 Å². The van der Waals surface area contributed by atoms with Crippen LogP contribution in [0.5, 0.6) is 0 Å². The molecule has 1 aromatic heterocycles. The number of nitrogens with one attached hydrogen (secondary N) is 1. The summed E-state index contributed by atoms with van der Waals surface area (Å²) in [6, 6.07) is 7.44. The fraction of sp³-hybridized carbons (Fsp3) is 0.450. The molecule has 0 radical (unpaired) electrons. The topological polar surface area (TPSA) is 62.5 Å². The van der Waals surface area contributed by atoms with Crippen molar-refractivity contribution in [1.82, 2.24) is 5.32 Å². The minimum absolute atomic E-state index is 0. The highest BCUT2D eigenvalue weighted by Gasteiger charge is 2.34. The van der Waals surface area contributed by atoms with E-state index in [0.717, 1.165) is 22.9 Å². The Morgan fingerprint density at radius 2 is 1.76 bits per heavy atom. The van der Waals surface area contributed by atoms with Gasteiger partial charge in [-0.2, -0.15) is 0 Å². The molecular formula is C20H26ClNO3. The Kier molecular flexibility index (Phi) is 5.20. The van der Waals surface area contributed by atoms with Gasteiger partial charge in [-0.05, 0) is 58.1 Å². The molecule has 25 heavy (non-hydrogen) atoms. The van der Waals surface area contributed by atoms with E-state index in [1.165, 1.54) is 0 Å². The van der Waals surface area contributed by atoms with E-state index >= 15 is 0 Å². The molecular weight excluding hydrogens is 338 g/mol. The van der Waals surface area contributed by atoms with Crippen LogP contribution in [0.3, 0.4) is 0 Å². The predicted molar refractivity (Wildman–Crippen MR) is 104 cm³/mol. The molecule has 1 unspecified atom stereocenters. The molecule has 1 aromatic carbocycles. The van der Waals surface area contributed by atoms with E-state index in [2.05, 4.69) is 39.1 Å². The van der Waals surface area contributed by atoms with Gasteiger partial charge in [0.05, 0.1) is 5.39 Å². The number of hydrogen-bond acceptors (Lipinski definition) is 4. The van der Waals surface area contributed by atoms with Crippen LogP contribution in [0.25, 0.3) is 16.3 Å². The lowest BCUT2D eigenvalue weighted by Crippen LogP contribution is -2.53. The summed E-state index contributed by atoms with van der Waals surface area (Å²) in [6.45, 7) is 10.2. The van der Waals surface area contributed by atoms with Crippen LogP contribution in [0.1, 0.15) is 58.5 Å². The smallest absolute Gasteiger partial charge is 0.343 e. The van der Waals surface area contributed by atoms with Crippen molar-refractivity contribution in [2.75, 3.05) is 0 Å². The molecule has 4 nitrogen and oxygen atoms in total. The van der Waals surface area contributed by atoms with Gasteiger partial charge >= 0.3 is 5.63 Å². The SMILES string of the molecule is CC(O)c1oc(=O)c2ccccc2c1C1=CC(C)(C)NC(C)(C)C1.Cl. The molecule has 0 saturated carbocycles. The Morgan fingerprint density at radius 3 is 2.32 bits per heavy atom. The number of halogens is 1. The fourth-order valence-electron chi connectivity index (χ4n) is 3.92. The van der Waals surface area contributed by atoms with Gasteiger partial charge in [0.25, 0.3) is 0 Å². The average Bonchev–Trinajstić information content (AvgIpc) is 2.43. The average molecular weight is 364 g/mol. The number of benzene rings is 1. The zero-order valence-electron chi connectivity index (χ0n) is 15.3. The summed E-state index contributed by atoms with van der Waals surface area (Å²) in [4.78, 5) is 12.3. The summed E-state index contributed by atoms with van der Waals surface area (Å²) < 4.78 is 5.51. The molecule has 2 aromatic rings. The highest BCUT2D eigenvalue weighted by Crippen LogP contribution is 2.39. The minimum atomic E-state index is -0.848. The summed E-state index contributed by atoms with van der Waals surface area (Å²) in [5.41, 5.74) is 1.26. The summed E-state index contributed by atoms with van der Waals surface area (Å²) >= 11 is 0. The summed E-state index contributed by atoms with van der Waals surface area (Å²) in [6.07, 6.45) is 2.11. The van der Waals surface area contributed by atoms with E-state index in [4.69, 9.17) is 4.42 Å². The predicted octanol–water partition coefficient (Wildman–Crippen LogP) is 4.20. The Morgan fingerprint density at radius 1 is 1.16 bits per heavy atom. The van der Waals surface area contributed by atoms with Gasteiger partial charge in [0.1, 0.15) is 11.9 Å². The summed E-state index contributed by atoms with van der Waals surface area (Å²) in [7, 11) is 0. The summed E-state index contributed by atoms with van der Waals surface area (Å²) in [5.74, 6) is 0.346.